The van der Waals surface area contributed by atoms with Crippen LogP contribution in [0.5, 0.6) is 5.75 Å². The van der Waals surface area contributed by atoms with Crippen molar-refractivity contribution in [1.29, 1.82) is 5.26 Å². The summed E-state index contributed by atoms with van der Waals surface area (Å²) in [5.41, 5.74) is 9.07. The van der Waals surface area contributed by atoms with E-state index in [0.717, 1.165) is 129 Å². The maximum atomic E-state index is 13.0. The second kappa shape index (κ2) is 17.4. The highest BCUT2D eigenvalue weighted by Crippen LogP contribution is 2.36. The van der Waals surface area contributed by atoms with Crippen molar-refractivity contribution < 1.29 is 9.53 Å². The van der Waals surface area contributed by atoms with Crippen LogP contribution < -0.4 is 25.5 Å². The van der Waals surface area contributed by atoms with Crippen LogP contribution in [-0.2, 0) is 26.9 Å². The van der Waals surface area contributed by atoms with Crippen LogP contribution in [0, 0.1) is 17.2 Å². The van der Waals surface area contributed by atoms with Crippen LogP contribution in [0.2, 0.25) is 5.02 Å². The molecule has 1 saturated carbocycles. The van der Waals surface area contributed by atoms with Gasteiger partial charge in [0.2, 0.25) is 0 Å². The molecule has 6 aromatic rings. The van der Waals surface area contributed by atoms with Crippen molar-refractivity contribution in [1.82, 2.24) is 34.6 Å². The van der Waals surface area contributed by atoms with Gasteiger partial charge in [-0.2, -0.15) is 5.26 Å². The number of amides is 1. The molecular weight excluding hydrogens is 788 g/mol. The third-order valence-corrected chi connectivity index (χ3v) is 13.1. The molecule has 2 aliphatic heterocycles. The third kappa shape index (κ3) is 8.55. The second-order valence-corrected chi connectivity index (χ2v) is 17.0. The second-order valence-electron chi connectivity index (χ2n) is 16.6. The maximum Gasteiger partial charge on any atom is 0.328 e. The minimum atomic E-state index is -0.206. The summed E-state index contributed by atoms with van der Waals surface area (Å²) < 4.78 is 9.49. The number of nitriles is 1. The molecule has 1 amide bonds. The van der Waals surface area contributed by atoms with Crippen molar-refractivity contribution in [2.24, 2.45) is 20.0 Å². The molecule has 0 spiro atoms. The molecule has 0 atom stereocenters. The number of rotatable bonds is 10. The Morgan fingerprint density at radius 1 is 0.885 bits per heavy atom. The van der Waals surface area contributed by atoms with E-state index in [4.69, 9.17) is 31.6 Å². The molecule has 3 aliphatic rings. The van der Waals surface area contributed by atoms with E-state index in [0.29, 0.717) is 27.9 Å². The Morgan fingerprint density at radius 2 is 1.70 bits per heavy atom. The van der Waals surface area contributed by atoms with E-state index >= 15 is 0 Å². The van der Waals surface area contributed by atoms with Crippen LogP contribution in [0.3, 0.4) is 0 Å². The highest BCUT2D eigenvalue weighted by Gasteiger charge is 2.26. The highest BCUT2D eigenvalue weighted by atomic mass is 35.5. The van der Waals surface area contributed by atoms with Crippen molar-refractivity contribution in [3.63, 3.8) is 0 Å². The molecule has 4 aromatic heterocycles. The number of hydrogen-bond acceptors (Lipinski definition) is 10. The lowest BCUT2D eigenvalue weighted by atomic mass is 9.91. The maximum absolute atomic E-state index is 13.0. The Labute approximate surface area is 360 Å². The summed E-state index contributed by atoms with van der Waals surface area (Å²) in [5, 5.41) is 21.4. The predicted molar refractivity (Wildman–Crippen MR) is 237 cm³/mol. The minimum Gasteiger partial charge on any atom is -0.490 e. The summed E-state index contributed by atoms with van der Waals surface area (Å²) in [6, 6.07) is 23.6. The number of aryl methyl sites for hydroxylation is 4. The first-order chi connectivity index (χ1) is 29.7. The lowest BCUT2D eigenvalue weighted by Crippen LogP contribution is -2.40. The summed E-state index contributed by atoms with van der Waals surface area (Å²) in [6.45, 7) is 2.71. The predicted octanol–water partition coefficient (Wildman–Crippen LogP) is 7.70. The number of ether oxygens (including phenoxy) is 1. The van der Waals surface area contributed by atoms with Crippen molar-refractivity contribution in [3.8, 4) is 23.1 Å². The molecule has 0 bridgehead atoms. The Kier molecular flexibility index (Phi) is 11.4. The van der Waals surface area contributed by atoms with Gasteiger partial charge in [-0.3, -0.25) is 23.9 Å². The molecule has 13 nitrogen and oxygen atoms in total. The van der Waals surface area contributed by atoms with Gasteiger partial charge < -0.3 is 19.9 Å². The van der Waals surface area contributed by atoms with Crippen LogP contribution in [0.1, 0.15) is 78.7 Å². The van der Waals surface area contributed by atoms with Gasteiger partial charge in [-0.05, 0) is 136 Å². The van der Waals surface area contributed by atoms with Gasteiger partial charge in [0.15, 0.2) is 11.5 Å². The number of halogens is 1. The fraction of sp³-hybridized carbons (Fsp3) is 0.383. The van der Waals surface area contributed by atoms with Crippen molar-refractivity contribution in [2.45, 2.75) is 76.4 Å². The molecule has 312 valence electrons. The van der Waals surface area contributed by atoms with Gasteiger partial charge in [0.25, 0.3) is 5.91 Å². The fourth-order valence-electron chi connectivity index (χ4n) is 9.15. The molecule has 1 aliphatic carbocycles. The number of pyridine rings is 2. The number of hydrogen-bond donors (Lipinski definition) is 1. The first-order valence-corrected chi connectivity index (χ1v) is 21.7. The lowest BCUT2D eigenvalue weighted by Gasteiger charge is -2.32. The molecule has 9 rings (SSSR count). The number of benzene rings is 2. The van der Waals surface area contributed by atoms with Crippen LogP contribution in [0.4, 0.5) is 17.2 Å². The largest absolute Gasteiger partial charge is 0.490 e. The van der Waals surface area contributed by atoms with Gasteiger partial charge in [-0.25, -0.2) is 4.79 Å². The summed E-state index contributed by atoms with van der Waals surface area (Å²) >= 11 is 6.16. The number of piperidine rings is 1. The first kappa shape index (κ1) is 40.2. The zero-order valence-electron chi connectivity index (χ0n) is 34.6. The van der Waals surface area contributed by atoms with Crippen molar-refractivity contribution in [3.05, 3.63) is 117 Å². The summed E-state index contributed by atoms with van der Waals surface area (Å²) in [5.74, 6) is 1.86. The van der Waals surface area contributed by atoms with Crippen LogP contribution in [0.15, 0.2) is 83.9 Å². The molecule has 2 aromatic carbocycles. The van der Waals surface area contributed by atoms with Gasteiger partial charge in [-0.15, -0.1) is 10.2 Å². The van der Waals surface area contributed by atoms with E-state index < -0.39 is 0 Å². The minimum absolute atomic E-state index is 0.0229. The lowest BCUT2D eigenvalue weighted by molar-refractivity contribution is 0.0888. The Hall–Kier alpha value is -6.26. The van der Waals surface area contributed by atoms with Crippen LogP contribution >= 0.6 is 11.6 Å². The number of aromatic nitrogens is 6. The van der Waals surface area contributed by atoms with E-state index in [1.54, 1.807) is 33.4 Å². The normalized spacial score (nSPS) is 18.1. The number of anilines is 3. The van der Waals surface area contributed by atoms with E-state index in [1.165, 1.54) is 5.56 Å². The fourth-order valence-corrected chi connectivity index (χ4v) is 9.36. The van der Waals surface area contributed by atoms with E-state index in [-0.39, 0.29) is 23.7 Å². The Morgan fingerprint density at radius 3 is 2.44 bits per heavy atom. The summed E-state index contributed by atoms with van der Waals surface area (Å²) in [6.07, 6.45) is 13.4. The average molecular weight is 837 g/mol. The number of imidazole rings is 1. The number of nitrogens with one attached hydrogen (secondary N) is 1. The third-order valence-electron chi connectivity index (χ3n) is 12.8. The molecule has 1 N–H and O–H groups in total. The molecule has 0 unspecified atom stereocenters. The average Bonchev–Trinajstić information content (AvgIpc) is 3.51. The standard InChI is InChI=1S/C47H49ClN10O3/c1-55-42-17-12-36(25-43(42)56(2)47(55)60)58-21-3-4-31-24-41(51-29-44(31)58)33-6-9-34(50-28-33)8-5-30-19-22-57(23-20-30)45-18-16-40(53-54-45)46(59)52-35-10-14-37(15-11-35)61-38-13-7-32(27-49)39(48)26-38/h6-7,9,12-13,16-18,24-26,28-30,35,37H,3-5,8,10-11,14-15,19-23H2,1-2H3,(H,52,59). The quantitative estimate of drug-likeness (QED) is 0.146. The molecule has 6 heterocycles. The van der Waals surface area contributed by atoms with Gasteiger partial charge in [-0.1, -0.05) is 11.6 Å². The SMILES string of the molecule is Cn1c(=O)n(C)c2cc(N3CCCc4cc(-c5ccc(CCC6CCN(c7ccc(C(=O)NC8CCC(Oc9ccc(C#N)c(Cl)c9)CC8)nn7)CC6)nc5)ncc43)ccc21. The summed E-state index contributed by atoms with van der Waals surface area (Å²) in [7, 11) is 3.63. The van der Waals surface area contributed by atoms with E-state index in [1.807, 2.05) is 38.6 Å². The number of nitrogens with zero attached hydrogens (tertiary/aromatic N) is 9. The van der Waals surface area contributed by atoms with Crippen molar-refractivity contribution in [2.75, 3.05) is 29.4 Å². The van der Waals surface area contributed by atoms with Gasteiger partial charge in [0.05, 0.1) is 45.3 Å². The topological polar surface area (TPSA) is 147 Å². The van der Waals surface area contributed by atoms with Crippen LogP contribution in [-0.4, -0.2) is 67.0 Å². The van der Waals surface area contributed by atoms with Gasteiger partial charge >= 0.3 is 5.69 Å². The Bertz CT molecular complexity index is 2660. The van der Waals surface area contributed by atoms with E-state index in [2.05, 4.69) is 61.7 Å². The number of fused-ring (bicyclic) bond motifs is 2. The molecule has 2 fully saturated rings. The molecule has 0 radical (unpaired) electrons. The number of carbonyl (C=O) groups is 1. The smallest absolute Gasteiger partial charge is 0.328 e. The zero-order chi connectivity index (χ0) is 42.0. The van der Waals surface area contributed by atoms with Crippen molar-refractivity contribution >= 4 is 45.7 Å². The number of carbonyl (C=O) groups excluding carboxylic acids is 1. The monoisotopic (exact) mass is 836 g/mol. The van der Waals surface area contributed by atoms with Gasteiger partial charge in [0, 0.05) is 69.0 Å². The molecular formula is C47H49ClN10O3. The van der Waals surface area contributed by atoms with Gasteiger partial charge in [0.1, 0.15) is 11.8 Å². The van der Waals surface area contributed by atoms with E-state index in [9.17, 15) is 9.59 Å². The molecule has 14 heteroatoms. The van der Waals surface area contributed by atoms with Crippen LogP contribution in [0.25, 0.3) is 22.3 Å². The molecule has 61 heavy (non-hydrogen) atoms. The summed E-state index contributed by atoms with van der Waals surface area (Å²) in [4.78, 5) is 39.8. The Balaban J connectivity index is 0.723. The first-order valence-electron chi connectivity index (χ1n) is 21.3. The highest BCUT2D eigenvalue weighted by molar-refractivity contribution is 6.31. The molecule has 1 saturated heterocycles. The zero-order valence-corrected chi connectivity index (χ0v) is 35.3.